The Kier molecular flexibility index (Phi) is 4.50. The fraction of sp³-hybridized carbons (Fsp3) is 0.632. The molecule has 4 nitrogen and oxygen atoms in total. The number of thiocarbonyl (C=S) groups is 1. The average molecular weight is 346 g/mol. The van der Waals surface area contributed by atoms with Crippen LogP contribution in [0, 0.1) is 6.92 Å². The van der Waals surface area contributed by atoms with Gasteiger partial charge in [-0.2, -0.15) is 0 Å². The van der Waals surface area contributed by atoms with Crippen LogP contribution in [-0.2, 0) is 4.74 Å². The van der Waals surface area contributed by atoms with Crippen LogP contribution in [0.2, 0.25) is 0 Å². The molecule has 0 bridgehead atoms. The molecule has 1 unspecified atom stereocenters. The molecule has 0 radical (unpaired) electrons. The SMILES string of the molecule is Cc1ccc2c(c1)[C@@H]1CN(C)CC[C@@H]1N2C(=S)NCC1CCCO1. The molecule has 1 aromatic rings. The molecule has 0 spiro atoms. The topological polar surface area (TPSA) is 27.7 Å². The van der Waals surface area contributed by atoms with Gasteiger partial charge in [-0.25, -0.2) is 0 Å². The van der Waals surface area contributed by atoms with Gasteiger partial charge in [-0.15, -0.1) is 0 Å². The zero-order valence-corrected chi connectivity index (χ0v) is 15.4. The van der Waals surface area contributed by atoms with Gasteiger partial charge in [-0.3, -0.25) is 0 Å². The van der Waals surface area contributed by atoms with E-state index in [9.17, 15) is 0 Å². The van der Waals surface area contributed by atoms with Crippen molar-refractivity contribution in [2.45, 2.75) is 44.2 Å². The maximum atomic E-state index is 5.80. The molecule has 3 heterocycles. The summed E-state index contributed by atoms with van der Waals surface area (Å²) in [7, 11) is 2.22. The van der Waals surface area contributed by atoms with Gasteiger partial charge in [0, 0.05) is 37.3 Å². The number of ether oxygens (including phenoxy) is 1. The van der Waals surface area contributed by atoms with E-state index in [1.54, 1.807) is 0 Å². The number of benzene rings is 1. The predicted molar refractivity (Wildman–Crippen MR) is 102 cm³/mol. The molecule has 0 amide bonds. The summed E-state index contributed by atoms with van der Waals surface area (Å²) in [5, 5.41) is 4.35. The second-order valence-electron chi connectivity index (χ2n) is 7.48. The fourth-order valence-electron chi connectivity index (χ4n) is 4.44. The molecule has 3 aliphatic heterocycles. The van der Waals surface area contributed by atoms with Crippen LogP contribution < -0.4 is 10.2 Å². The molecule has 3 aliphatic rings. The van der Waals surface area contributed by atoms with Crippen molar-refractivity contribution in [1.82, 2.24) is 10.2 Å². The average Bonchev–Trinajstić information content (AvgIpc) is 3.18. The van der Waals surface area contributed by atoms with Crippen LogP contribution in [0.3, 0.4) is 0 Å². The Labute approximate surface area is 150 Å². The van der Waals surface area contributed by atoms with Gasteiger partial charge in [0.05, 0.1) is 6.10 Å². The third-order valence-electron chi connectivity index (χ3n) is 5.68. The van der Waals surface area contributed by atoms with Crippen LogP contribution >= 0.6 is 12.2 Å². The Morgan fingerprint density at radius 2 is 2.25 bits per heavy atom. The lowest BCUT2D eigenvalue weighted by Crippen LogP contribution is -2.51. The number of likely N-dealkylation sites (tertiary alicyclic amines) is 1. The standard InChI is InChI=1S/C19H27N3OS/c1-13-5-6-17-15(10-13)16-12-21(2)8-7-18(16)22(17)19(24)20-11-14-4-3-9-23-14/h5-6,10,14,16,18H,3-4,7-9,11-12H2,1-2H3,(H,20,24)/t14?,16-,18-/m0/s1. The molecular formula is C19H27N3OS. The highest BCUT2D eigenvalue weighted by molar-refractivity contribution is 7.80. The number of nitrogens with one attached hydrogen (secondary N) is 1. The van der Waals surface area contributed by atoms with Crippen molar-refractivity contribution >= 4 is 23.0 Å². The maximum absolute atomic E-state index is 5.80. The van der Waals surface area contributed by atoms with Crippen LogP contribution in [0.25, 0.3) is 0 Å². The van der Waals surface area contributed by atoms with Crippen LogP contribution in [0.1, 0.15) is 36.3 Å². The summed E-state index contributed by atoms with van der Waals surface area (Å²) >= 11 is 5.80. The summed E-state index contributed by atoms with van der Waals surface area (Å²) in [5.41, 5.74) is 4.10. The van der Waals surface area contributed by atoms with Gasteiger partial charge in [0.2, 0.25) is 0 Å². The van der Waals surface area contributed by atoms with Gasteiger partial charge in [-0.1, -0.05) is 17.7 Å². The van der Waals surface area contributed by atoms with Crippen LogP contribution in [0.5, 0.6) is 0 Å². The number of rotatable bonds is 2. The Balaban J connectivity index is 1.56. The van der Waals surface area contributed by atoms with Gasteiger partial charge in [0.25, 0.3) is 0 Å². The number of hydrogen-bond acceptors (Lipinski definition) is 3. The summed E-state index contributed by atoms with van der Waals surface area (Å²) in [6.07, 6.45) is 3.79. The van der Waals surface area contributed by atoms with E-state index >= 15 is 0 Å². The molecule has 1 N–H and O–H groups in total. The summed E-state index contributed by atoms with van der Waals surface area (Å²) in [6, 6.07) is 7.30. The summed E-state index contributed by atoms with van der Waals surface area (Å²) in [6.45, 7) is 6.15. The minimum Gasteiger partial charge on any atom is -0.376 e. The van der Waals surface area contributed by atoms with E-state index in [2.05, 4.69) is 47.3 Å². The number of aryl methyl sites for hydroxylation is 1. The maximum Gasteiger partial charge on any atom is 0.173 e. The largest absolute Gasteiger partial charge is 0.376 e. The molecule has 3 atom stereocenters. The van der Waals surface area contributed by atoms with Crippen LogP contribution in [-0.4, -0.2) is 55.4 Å². The molecule has 2 fully saturated rings. The van der Waals surface area contributed by atoms with Gasteiger partial charge < -0.3 is 19.9 Å². The molecule has 0 saturated carbocycles. The lowest BCUT2D eigenvalue weighted by Gasteiger charge is -2.37. The second kappa shape index (κ2) is 6.62. The quantitative estimate of drug-likeness (QED) is 0.832. The normalized spacial score (nSPS) is 29.4. The number of hydrogen-bond donors (Lipinski definition) is 1. The van der Waals surface area contributed by atoms with E-state index in [0.29, 0.717) is 18.1 Å². The number of piperidine rings is 1. The van der Waals surface area contributed by atoms with Gasteiger partial charge in [-0.05, 0) is 63.6 Å². The Morgan fingerprint density at radius 1 is 1.38 bits per heavy atom. The molecule has 0 aliphatic carbocycles. The van der Waals surface area contributed by atoms with Crippen LogP contribution in [0.15, 0.2) is 18.2 Å². The summed E-state index contributed by atoms with van der Waals surface area (Å²) in [5.74, 6) is 0.557. The zero-order chi connectivity index (χ0) is 16.7. The first kappa shape index (κ1) is 16.3. The van der Waals surface area contributed by atoms with E-state index < -0.39 is 0 Å². The summed E-state index contributed by atoms with van der Waals surface area (Å²) < 4.78 is 5.72. The van der Waals surface area contributed by atoms with Gasteiger partial charge in [0.15, 0.2) is 5.11 Å². The molecule has 4 rings (SSSR count). The Bertz CT molecular complexity index is 629. The first-order chi connectivity index (χ1) is 11.6. The lowest BCUT2D eigenvalue weighted by molar-refractivity contribution is 0.114. The molecule has 2 saturated heterocycles. The molecule has 5 heteroatoms. The Morgan fingerprint density at radius 3 is 3.04 bits per heavy atom. The van der Waals surface area contributed by atoms with Crippen molar-refractivity contribution < 1.29 is 4.74 Å². The van der Waals surface area contributed by atoms with Crippen molar-refractivity contribution in [2.75, 3.05) is 38.2 Å². The van der Waals surface area contributed by atoms with Crippen molar-refractivity contribution in [3.05, 3.63) is 29.3 Å². The molecule has 1 aromatic carbocycles. The minimum atomic E-state index is 0.316. The molecule has 130 valence electrons. The predicted octanol–water partition coefficient (Wildman–Crippen LogP) is 2.66. The third kappa shape index (κ3) is 2.93. The highest BCUT2D eigenvalue weighted by Gasteiger charge is 2.42. The highest BCUT2D eigenvalue weighted by atomic mass is 32.1. The zero-order valence-electron chi connectivity index (χ0n) is 14.6. The number of nitrogens with zero attached hydrogens (tertiary/aromatic N) is 2. The van der Waals surface area contributed by atoms with Crippen molar-refractivity contribution in [3.8, 4) is 0 Å². The first-order valence-corrected chi connectivity index (χ1v) is 9.52. The highest BCUT2D eigenvalue weighted by Crippen LogP contribution is 2.44. The molecule has 0 aromatic heterocycles. The molecular weight excluding hydrogens is 318 g/mol. The number of likely N-dealkylation sites (N-methyl/N-ethyl adjacent to an activating group) is 1. The number of fused-ring (bicyclic) bond motifs is 3. The summed E-state index contributed by atoms with van der Waals surface area (Å²) in [4.78, 5) is 4.83. The van der Waals surface area contributed by atoms with E-state index in [1.807, 2.05) is 0 Å². The smallest absolute Gasteiger partial charge is 0.173 e. The fourth-order valence-corrected chi connectivity index (χ4v) is 4.75. The van der Waals surface area contributed by atoms with Gasteiger partial charge >= 0.3 is 0 Å². The number of anilines is 1. The Hall–Kier alpha value is -1.17. The second-order valence-corrected chi connectivity index (χ2v) is 7.86. The van der Waals surface area contributed by atoms with Crippen molar-refractivity contribution in [2.24, 2.45) is 0 Å². The van der Waals surface area contributed by atoms with E-state index in [1.165, 1.54) is 23.2 Å². The van der Waals surface area contributed by atoms with Crippen molar-refractivity contribution in [3.63, 3.8) is 0 Å². The minimum absolute atomic E-state index is 0.316. The molecule has 24 heavy (non-hydrogen) atoms. The van der Waals surface area contributed by atoms with Gasteiger partial charge in [0.1, 0.15) is 0 Å². The monoisotopic (exact) mass is 345 g/mol. The first-order valence-electron chi connectivity index (χ1n) is 9.11. The van der Waals surface area contributed by atoms with E-state index in [0.717, 1.165) is 44.2 Å². The van der Waals surface area contributed by atoms with E-state index in [4.69, 9.17) is 17.0 Å². The third-order valence-corrected chi connectivity index (χ3v) is 6.02. The van der Waals surface area contributed by atoms with E-state index in [-0.39, 0.29) is 0 Å². The van der Waals surface area contributed by atoms with Crippen LogP contribution in [0.4, 0.5) is 5.69 Å². The lowest BCUT2D eigenvalue weighted by atomic mass is 9.89. The van der Waals surface area contributed by atoms with Crippen molar-refractivity contribution in [1.29, 1.82) is 0 Å².